The summed E-state index contributed by atoms with van der Waals surface area (Å²) in [7, 11) is 0. The van der Waals surface area contributed by atoms with Gasteiger partial charge in [-0.25, -0.2) is 0 Å². The fraction of sp³-hybridized carbons (Fsp3) is 0.929. The van der Waals surface area contributed by atoms with E-state index in [0.29, 0.717) is 12.5 Å². The molecule has 2 fully saturated rings. The number of likely N-dealkylation sites (tertiary alicyclic amines) is 2. The zero-order valence-electron chi connectivity index (χ0n) is 11.1. The van der Waals surface area contributed by atoms with Crippen molar-refractivity contribution in [1.82, 2.24) is 9.80 Å². The molecule has 2 saturated heterocycles. The largest absolute Gasteiger partial charge is 0.303 e. The Balaban J connectivity index is 1.72. The molecule has 96 valence electrons. The molecule has 2 heterocycles. The Kier molecular flexibility index (Phi) is 4.82. The molecular weight excluding hydrogens is 210 g/mol. The van der Waals surface area contributed by atoms with E-state index < -0.39 is 0 Å². The first-order chi connectivity index (χ1) is 8.29. The van der Waals surface area contributed by atoms with E-state index in [9.17, 15) is 0 Å². The Hall–Kier alpha value is -0.590. The van der Waals surface area contributed by atoms with Gasteiger partial charge in [0.1, 0.15) is 0 Å². The van der Waals surface area contributed by atoms with Gasteiger partial charge in [-0.15, -0.1) is 0 Å². The van der Waals surface area contributed by atoms with Crippen LogP contribution in [0.2, 0.25) is 0 Å². The van der Waals surface area contributed by atoms with Crippen LogP contribution in [-0.2, 0) is 0 Å². The minimum Gasteiger partial charge on any atom is -0.303 e. The molecule has 0 aromatic heterocycles. The Labute approximate surface area is 105 Å². The van der Waals surface area contributed by atoms with Crippen LogP contribution < -0.4 is 0 Å². The lowest BCUT2D eigenvalue weighted by Crippen LogP contribution is -2.36. The van der Waals surface area contributed by atoms with Crippen molar-refractivity contribution < 1.29 is 0 Å². The van der Waals surface area contributed by atoms with E-state index in [2.05, 4.69) is 22.8 Å². The van der Waals surface area contributed by atoms with Crippen LogP contribution in [0.1, 0.15) is 39.0 Å². The van der Waals surface area contributed by atoms with Gasteiger partial charge in [0, 0.05) is 19.1 Å². The first-order valence-corrected chi connectivity index (χ1v) is 7.13. The Morgan fingerprint density at radius 2 is 2.00 bits per heavy atom. The van der Waals surface area contributed by atoms with Crippen LogP contribution >= 0.6 is 0 Å². The molecule has 0 bridgehead atoms. The highest BCUT2D eigenvalue weighted by molar-refractivity contribution is 4.86. The van der Waals surface area contributed by atoms with Crippen molar-refractivity contribution >= 4 is 0 Å². The van der Waals surface area contributed by atoms with Gasteiger partial charge in [0.2, 0.25) is 0 Å². The van der Waals surface area contributed by atoms with E-state index in [1.54, 1.807) is 0 Å². The van der Waals surface area contributed by atoms with E-state index >= 15 is 0 Å². The van der Waals surface area contributed by atoms with Gasteiger partial charge in [-0.1, -0.05) is 6.42 Å². The fourth-order valence-corrected chi connectivity index (χ4v) is 3.18. The van der Waals surface area contributed by atoms with E-state index in [1.807, 2.05) is 0 Å². The number of hydrogen-bond donors (Lipinski definition) is 0. The number of nitrogens with zero attached hydrogens (tertiary/aromatic N) is 3. The maximum absolute atomic E-state index is 8.74. The molecule has 0 spiro atoms. The lowest BCUT2D eigenvalue weighted by atomic mass is 10.1. The summed E-state index contributed by atoms with van der Waals surface area (Å²) in [5.74, 6) is 0.842. The molecule has 0 amide bonds. The van der Waals surface area contributed by atoms with Crippen molar-refractivity contribution in [2.24, 2.45) is 5.92 Å². The normalized spacial score (nSPS) is 29.1. The minimum atomic E-state index is 0.450. The highest BCUT2D eigenvalue weighted by atomic mass is 15.2. The predicted octanol–water partition coefficient (Wildman–Crippen LogP) is 2.10. The van der Waals surface area contributed by atoms with Crippen molar-refractivity contribution in [3.8, 4) is 6.07 Å². The van der Waals surface area contributed by atoms with Crippen molar-refractivity contribution in [1.29, 1.82) is 5.26 Å². The summed E-state index contributed by atoms with van der Waals surface area (Å²) in [5.41, 5.74) is 0. The van der Waals surface area contributed by atoms with Gasteiger partial charge < -0.3 is 4.90 Å². The third-order valence-corrected chi connectivity index (χ3v) is 4.29. The van der Waals surface area contributed by atoms with Gasteiger partial charge in [0.25, 0.3) is 0 Å². The van der Waals surface area contributed by atoms with E-state index in [1.165, 1.54) is 58.4 Å². The van der Waals surface area contributed by atoms with Crippen molar-refractivity contribution in [2.75, 3.05) is 32.7 Å². The van der Waals surface area contributed by atoms with Crippen LogP contribution in [0.25, 0.3) is 0 Å². The standard InChI is InChI=1S/C14H25N3/c1-13(5-7-15)17-10-6-14(12-17)11-16-8-3-2-4-9-16/h13-14H,2-6,8-12H2,1H3. The molecule has 17 heavy (non-hydrogen) atoms. The molecule has 2 rings (SSSR count). The first-order valence-electron chi connectivity index (χ1n) is 7.13. The van der Waals surface area contributed by atoms with Crippen LogP contribution in [0.15, 0.2) is 0 Å². The summed E-state index contributed by atoms with van der Waals surface area (Å²) in [6.07, 6.45) is 6.21. The molecule has 2 aliphatic rings. The summed E-state index contributed by atoms with van der Waals surface area (Å²) < 4.78 is 0. The molecule has 0 radical (unpaired) electrons. The van der Waals surface area contributed by atoms with Crippen LogP contribution in [-0.4, -0.2) is 48.6 Å². The summed E-state index contributed by atoms with van der Waals surface area (Å²) in [4.78, 5) is 5.14. The molecule has 0 aromatic carbocycles. The Morgan fingerprint density at radius 1 is 1.24 bits per heavy atom. The minimum absolute atomic E-state index is 0.450. The Morgan fingerprint density at radius 3 is 2.71 bits per heavy atom. The number of rotatable bonds is 4. The summed E-state index contributed by atoms with van der Waals surface area (Å²) in [6.45, 7) is 8.50. The van der Waals surface area contributed by atoms with E-state index in [0.717, 1.165) is 5.92 Å². The summed E-state index contributed by atoms with van der Waals surface area (Å²) in [5, 5.41) is 8.74. The molecule has 0 aromatic rings. The first kappa shape index (κ1) is 12.9. The van der Waals surface area contributed by atoms with Crippen molar-refractivity contribution in [2.45, 2.75) is 45.1 Å². The molecule has 2 atom stereocenters. The molecule has 2 unspecified atom stereocenters. The second-order valence-electron chi connectivity index (χ2n) is 5.72. The molecule has 3 heteroatoms. The number of nitriles is 1. The second kappa shape index (κ2) is 6.37. The fourth-order valence-electron chi connectivity index (χ4n) is 3.18. The quantitative estimate of drug-likeness (QED) is 0.747. The zero-order chi connectivity index (χ0) is 12.1. The summed E-state index contributed by atoms with van der Waals surface area (Å²) in [6, 6.07) is 2.74. The average molecular weight is 235 g/mol. The van der Waals surface area contributed by atoms with Gasteiger partial charge in [-0.05, 0) is 51.7 Å². The van der Waals surface area contributed by atoms with Crippen molar-refractivity contribution in [3.05, 3.63) is 0 Å². The van der Waals surface area contributed by atoms with Gasteiger partial charge in [-0.2, -0.15) is 5.26 Å². The predicted molar refractivity (Wildman–Crippen MR) is 69.7 cm³/mol. The van der Waals surface area contributed by atoms with Gasteiger partial charge >= 0.3 is 0 Å². The third kappa shape index (κ3) is 3.69. The molecule has 3 nitrogen and oxygen atoms in total. The topological polar surface area (TPSA) is 30.3 Å². The number of hydrogen-bond acceptors (Lipinski definition) is 3. The summed E-state index contributed by atoms with van der Waals surface area (Å²) >= 11 is 0. The average Bonchev–Trinajstić information content (AvgIpc) is 2.79. The smallest absolute Gasteiger partial charge is 0.0638 e. The van der Waals surface area contributed by atoms with E-state index in [-0.39, 0.29) is 0 Å². The molecule has 2 aliphatic heterocycles. The van der Waals surface area contributed by atoms with Gasteiger partial charge in [-0.3, -0.25) is 4.90 Å². The SMILES string of the molecule is CC(CC#N)N1CCC(CN2CCCCC2)C1. The van der Waals surface area contributed by atoms with Gasteiger partial charge in [0.05, 0.1) is 12.5 Å². The van der Waals surface area contributed by atoms with Crippen LogP contribution in [0.4, 0.5) is 0 Å². The molecule has 0 saturated carbocycles. The monoisotopic (exact) mass is 235 g/mol. The Bertz CT molecular complexity index is 265. The van der Waals surface area contributed by atoms with Gasteiger partial charge in [0.15, 0.2) is 0 Å². The lowest BCUT2D eigenvalue weighted by Gasteiger charge is -2.29. The van der Waals surface area contributed by atoms with Crippen LogP contribution in [0.3, 0.4) is 0 Å². The molecular formula is C14H25N3. The molecule has 0 aliphatic carbocycles. The lowest BCUT2D eigenvalue weighted by molar-refractivity contribution is 0.186. The highest BCUT2D eigenvalue weighted by Gasteiger charge is 2.27. The second-order valence-corrected chi connectivity index (χ2v) is 5.72. The maximum Gasteiger partial charge on any atom is 0.0638 e. The zero-order valence-corrected chi connectivity index (χ0v) is 11.1. The highest BCUT2D eigenvalue weighted by Crippen LogP contribution is 2.22. The van der Waals surface area contributed by atoms with Crippen LogP contribution in [0.5, 0.6) is 0 Å². The number of piperidine rings is 1. The van der Waals surface area contributed by atoms with Crippen LogP contribution in [0, 0.1) is 17.2 Å². The third-order valence-electron chi connectivity index (χ3n) is 4.29. The molecule has 0 N–H and O–H groups in total. The van der Waals surface area contributed by atoms with Crippen molar-refractivity contribution in [3.63, 3.8) is 0 Å². The maximum atomic E-state index is 8.74. The van der Waals surface area contributed by atoms with E-state index in [4.69, 9.17) is 5.26 Å².